The first-order chi connectivity index (χ1) is 13.4. The molecule has 29 heavy (non-hydrogen) atoms. The van der Waals surface area contributed by atoms with Crippen molar-refractivity contribution in [1.82, 2.24) is 9.97 Å². The molecule has 1 aliphatic heterocycles. The maximum atomic E-state index is 13.1. The predicted molar refractivity (Wildman–Crippen MR) is 122 cm³/mol. The first-order valence-electron chi connectivity index (χ1n) is 11.4. The average molecular weight is 401 g/mol. The van der Waals surface area contributed by atoms with E-state index in [1.807, 2.05) is 0 Å². The number of nitrogens with one attached hydrogen (secondary N) is 1. The first-order valence-corrected chi connectivity index (χ1v) is 11.4. The van der Waals surface area contributed by atoms with E-state index in [0.29, 0.717) is 12.3 Å². The molecular weight excluding hydrogens is 360 g/mol. The zero-order valence-electron chi connectivity index (χ0n) is 19.6. The summed E-state index contributed by atoms with van der Waals surface area (Å²) in [6.45, 7) is 17.2. The Bertz CT molecular complexity index is 804. The van der Waals surface area contributed by atoms with Gasteiger partial charge >= 0.3 is 0 Å². The quantitative estimate of drug-likeness (QED) is 0.775. The van der Waals surface area contributed by atoms with E-state index in [-0.39, 0.29) is 22.4 Å². The van der Waals surface area contributed by atoms with Crippen molar-refractivity contribution in [3.8, 4) is 0 Å². The molecule has 0 bridgehead atoms. The van der Waals surface area contributed by atoms with Gasteiger partial charge in [-0.25, -0.2) is 4.98 Å². The number of aromatic nitrogens is 2. The lowest BCUT2D eigenvalue weighted by atomic mass is 9.83. The van der Waals surface area contributed by atoms with Crippen molar-refractivity contribution in [2.24, 2.45) is 21.7 Å². The van der Waals surface area contributed by atoms with Crippen molar-refractivity contribution in [2.45, 2.75) is 93.0 Å². The van der Waals surface area contributed by atoms with Crippen LogP contribution in [0.3, 0.4) is 0 Å². The largest absolute Gasteiger partial charge is 0.342 e. The molecule has 0 radical (unpaired) electrons. The highest BCUT2D eigenvalue weighted by Gasteiger charge is 2.32. The Morgan fingerprint density at radius 3 is 2.31 bits per heavy atom. The van der Waals surface area contributed by atoms with Crippen LogP contribution in [0.4, 0.5) is 5.95 Å². The van der Waals surface area contributed by atoms with E-state index in [1.54, 1.807) is 0 Å². The smallest absolute Gasteiger partial charge is 0.256 e. The minimum atomic E-state index is -0.139. The summed E-state index contributed by atoms with van der Waals surface area (Å²) in [5.74, 6) is 1.41. The third kappa shape index (κ3) is 5.49. The van der Waals surface area contributed by atoms with Gasteiger partial charge in [-0.2, -0.15) is 0 Å². The Morgan fingerprint density at radius 1 is 1.07 bits per heavy atom. The van der Waals surface area contributed by atoms with E-state index in [2.05, 4.69) is 58.4 Å². The topological polar surface area (TPSA) is 61.4 Å². The molecule has 1 fully saturated rings. The molecule has 1 aromatic heterocycles. The lowest BCUT2D eigenvalue weighted by molar-refractivity contribution is 0.334. The maximum Gasteiger partial charge on any atom is 0.256 e. The van der Waals surface area contributed by atoms with Gasteiger partial charge < -0.3 is 4.90 Å². The summed E-state index contributed by atoms with van der Waals surface area (Å²) in [6, 6.07) is 0.124. The second-order valence-electron chi connectivity index (χ2n) is 11.4. The van der Waals surface area contributed by atoms with Gasteiger partial charge in [0.2, 0.25) is 5.95 Å². The zero-order chi connectivity index (χ0) is 21.4. The third-order valence-electron chi connectivity index (χ3n) is 5.95. The highest BCUT2D eigenvalue weighted by Crippen LogP contribution is 2.30. The highest BCUT2D eigenvalue weighted by molar-refractivity contribution is 6.04. The van der Waals surface area contributed by atoms with Crippen molar-refractivity contribution >= 4 is 11.7 Å². The van der Waals surface area contributed by atoms with E-state index in [1.165, 1.54) is 32.1 Å². The van der Waals surface area contributed by atoms with Crippen LogP contribution in [0, 0.1) is 16.7 Å². The molecule has 2 heterocycles. The fraction of sp³-hybridized carbons (Fsp3) is 0.792. The molecule has 0 aromatic carbocycles. The summed E-state index contributed by atoms with van der Waals surface area (Å²) < 4.78 is 0. The molecule has 0 spiro atoms. The van der Waals surface area contributed by atoms with Crippen LogP contribution in [0.25, 0.3) is 0 Å². The van der Waals surface area contributed by atoms with E-state index in [0.717, 1.165) is 36.0 Å². The van der Waals surface area contributed by atoms with Crippen molar-refractivity contribution in [1.29, 1.82) is 0 Å². The molecule has 162 valence electrons. The number of nitrogens with zero attached hydrogens (tertiary/aromatic N) is 3. The summed E-state index contributed by atoms with van der Waals surface area (Å²) >= 11 is 0. The number of aromatic amines is 1. The Hall–Kier alpha value is -1.65. The molecule has 3 rings (SSSR count). The van der Waals surface area contributed by atoms with Gasteiger partial charge in [0, 0.05) is 30.5 Å². The van der Waals surface area contributed by atoms with E-state index in [4.69, 9.17) is 9.98 Å². The zero-order valence-corrected chi connectivity index (χ0v) is 19.6. The maximum absolute atomic E-state index is 13.1. The number of rotatable bonds is 4. The van der Waals surface area contributed by atoms with Gasteiger partial charge in [0.15, 0.2) is 0 Å². The van der Waals surface area contributed by atoms with Crippen LogP contribution in [-0.4, -0.2) is 34.8 Å². The van der Waals surface area contributed by atoms with E-state index in [9.17, 15) is 4.79 Å². The molecule has 1 aromatic rings. The normalized spacial score (nSPS) is 20.9. The lowest BCUT2D eigenvalue weighted by Crippen LogP contribution is -2.41. The SMILES string of the molecule is CC1Cc2c(nc(N(CC3CCCCC3)CC(C)(C)C)[nH]c2=O)C(C(C)(C)C)=N1. The second-order valence-corrected chi connectivity index (χ2v) is 11.4. The molecule has 1 atom stereocenters. The molecule has 5 nitrogen and oxygen atoms in total. The Labute approximate surface area is 176 Å². The fourth-order valence-electron chi connectivity index (χ4n) is 4.67. The van der Waals surface area contributed by atoms with Gasteiger partial charge in [0.1, 0.15) is 0 Å². The second kappa shape index (κ2) is 8.23. The van der Waals surface area contributed by atoms with E-state index >= 15 is 0 Å². The van der Waals surface area contributed by atoms with Crippen LogP contribution >= 0.6 is 0 Å². The van der Waals surface area contributed by atoms with Crippen LogP contribution < -0.4 is 10.5 Å². The van der Waals surface area contributed by atoms with Crippen molar-refractivity contribution in [3.63, 3.8) is 0 Å². The summed E-state index contributed by atoms with van der Waals surface area (Å²) in [6.07, 6.45) is 7.22. The van der Waals surface area contributed by atoms with Gasteiger partial charge in [-0.15, -0.1) is 0 Å². The molecule has 2 aliphatic rings. The number of anilines is 1. The molecule has 1 aliphatic carbocycles. The minimum Gasteiger partial charge on any atom is -0.342 e. The first kappa shape index (κ1) is 22.0. The standard InChI is InChI=1S/C24H40N4O/c1-16-13-18-19(20(25-16)24(5,6)7)26-22(27-21(18)29)28(15-23(2,3)4)14-17-11-9-8-10-12-17/h16-17H,8-15H2,1-7H3,(H,26,27,29). The van der Waals surface area contributed by atoms with Crippen LogP contribution in [0.2, 0.25) is 0 Å². The van der Waals surface area contributed by atoms with Crippen molar-refractivity contribution < 1.29 is 0 Å². The summed E-state index contributed by atoms with van der Waals surface area (Å²) in [5.41, 5.74) is 2.58. The molecule has 1 saturated carbocycles. The van der Waals surface area contributed by atoms with Crippen molar-refractivity contribution in [2.75, 3.05) is 18.0 Å². The Kier molecular flexibility index (Phi) is 6.26. The summed E-state index contributed by atoms with van der Waals surface area (Å²) in [5, 5.41) is 0. The van der Waals surface area contributed by atoms with Gasteiger partial charge in [-0.05, 0) is 31.1 Å². The summed E-state index contributed by atoms with van der Waals surface area (Å²) in [7, 11) is 0. The van der Waals surface area contributed by atoms with E-state index < -0.39 is 0 Å². The molecule has 5 heteroatoms. The average Bonchev–Trinajstić information content (AvgIpc) is 2.60. The van der Waals surface area contributed by atoms with Crippen LogP contribution in [-0.2, 0) is 6.42 Å². The molecule has 0 amide bonds. The molecule has 1 unspecified atom stereocenters. The number of H-pyrrole nitrogens is 1. The monoisotopic (exact) mass is 400 g/mol. The lowest BCUT2D eigenvalue weighted by Gasteiger charge is -2.35. The highest BCUT2D eigenvalue weighted by atomic mass is 16.1. The predicted octanol–water partition coefficient (Wildman–Crippen LogP) is 4.98. The Morgan fingerprint density at radius 2 is 1.72 bits per heavy atom. The van der Waals surface area contributed by atoms with Gasteiger partial charge in [0.05, 0.1) is 17.4 Å². The van der Waals surface area contributed by atoms with Crippen LogP contribution in [0.5, 0.6) is 0 Å². The number of aliphatic imine (C=N–C) groups is 1. The molecule has 0 saturated heterocycles. The number of hydrogen-bond donors (Lipinski definition) is 1. The Balaban J connectivity index is 2.02. The molecule has 1 N–H and O–H groups in total. The van der Waals surface area contributed by atoms with Gasteiger partial charge in [-0.3, -0.25) is 14.8 Å². The minimum absolute atomic E-state index is 0.0102. The van der Waals surface area contributed by atoms with Gasteiger partial charge in [0.25, 0.3) is 5.56 Å². The fourth-order valence-corrected chi connectivity index (χ4v) is 4.67. The van der Waals surface area contributed by atoms with Crippen LogP contribution in [0.1, 0.15) is 91.8 Å². The van der Waals surface area contributed by atoms with Crippen LogP contribution in [0.15, 0.2) is 9.79 Å². The number of hydrogen-bond acceptors (Lipinski definition) is 4. The van der Waals surface area contributed by atoms with Crippen molar-refractivity contribution in [3.05, 3.63) is 21.6 Å². The number of fused-ring (bicyclic) bond motifs is 1. The third-order valence-corrected chi connectivity index (χ3v) is 5.95. The van der Waals surface area contributed by atoms with Gasteiger partial charge in [-0.1, -0.05) is 60.8 Å². The summed E-state index contributed by atoms with van der Waals surface area (Å²) in [4.78, 5) is 28.5. The molecular formula is C24H40N4O.